The van der Waals surface area contributed by atoms with E-state index in [0.717, 1.165) is 37.1 Å². The van der Waals surface area contributed by atoms with E-state index in [2.05, 4.69) is 10.1 Å². The summed E-state index contributed by atoms with van der Waals surface area (Å²) in [7, 11) is 0. The third-order valence-corrected chi connectivity index (χ3v) is 4.73. The van der Waals surface area contributed by atoms with E-state index < -0.39 is 0 Å². The molecule has 0 saturated heterocycles. The number of aliphatic imine (C=N–C) groups is 1. The second kappa shape index (κ2) is 8.59. The molecule has 25 heavy (non-hydrogen) atoms. The number of halogens is 2. The van der Waals surface area contributed by atoms with Crippen molar-refractivity contribution in [3.05, 3.63) is 45.3 Å². The molecule has 1 aliphatic rings. The van der Waals surface area contributed by atoms with Gasteiger partial charge in [-0.15, -0.1) is 0 Å². The van der Waals surface area contributed by atoms with Crippen LogP contribution in [0.3, 0.4) is 0 Å². The highest BCUT2D eigenvalue weighted by Crippen LogP contribution is 2.35. The lowest BCUT2D eigenvalue weighted by Gasteiger charge is -2.12. The van der Waals surface area contributed by atoms with Gasteiger partial charge in [-0.1, -0.05) is 28.4 Å². The molecule has 0 aliphatic carbocycles. The first-order chi connectivity index (χ1) is 12.1. The van der Waals surface area contributed by atoms with Gasteiger partial charge in [-0.25, -0.2) is 4.99 Å². The molecular formula is C18H20Cl2N2O3. The predicted octanol–water partition coefficient (Wildman–Crippen LogP) is 4.86. The number of aryl methyl sites for hydroxylation is 2. The van der Waals surface area contributed by atoms with E-state index in [1.54, 1.807) is 0 Å². The lowest BCUT2D eigenvalue weighted by molar-refractivity contribution is 0.303. The van der Waals surface area contributed by atoms with Crippen molar-refractivity contribution in [2.45, 2.75) is 32.6 Å². The molecule has 5 nitrogen and oxygen atoms in total. The molecule has 1 aliphatic heterocycles. The highest BCUT2D eigenvalue weighted by Gasteiger charge is 2.18. The first-order valence-corrected chi connectivity index (χ1v) is 9.11. The van der Waals surface area contributed by atoms with Crippen LogP contribution in [-0.2, 0) is 11.2 Å². The van der Waals surface area contributed by atoms with Gasteiger partial charge in [0.25, 0.3) is 0 Å². The first-order valence-electron chi connectivity index (χ1n) is 8.36. The van der Waals surface area contributed by atoms with Gasteiger partial charge in [-0.3, -0.25) is 0 Å². The second-order valence-electron chi connectivity index (χ2n) is 5.87. The monoisotopic (exact) mass is 382 g/mol. The highest BCUT2D eigenvalue weighted by molar-refractivity contribution is 6.44. The lowest BCUT2D eigenvalue weighted by Crippen LogP contribution is -2.04. The Kier molecular flexibility index (Phi) is 6.21. The molecule has 0 radical (unpaired) electrons. The molecule has 2 heterocycles. The summed E-state index contributed by atoms with van der Waals surface area (Å²) < 4.78 is 16.4. The van der Waals surface area contributed by atoms with Crippen molar-refractivity contribution in [1.29, 1.82) is 0 Å². The van der Waals surface area contributed by atoms with E-state index >= 15 is 0 Å². The van der Waals surface area contributed by atoms with Gasteiger partial charge in [-0.05, 0) is 38.3 Å². The third kappa shape index (κ3) is 4.67. The quantitative estimate of drug-likeness (QED) is 0.611. The molecule has 134 valence electrons. The summed E-state index contributed by atoms with van der Waals surface area (Å²) >= 11 is 12.6. The summed E-state index contributed by atoms with van der Waals surface area (Å²) in [6, 6.07) is 5.61. The SMILES string of the molecule is Cc1cc(CCCCCOc2ccc(C3=NCCO3)c(Cl)c2Cl)on1. The summed E-state index contributed by atoms with van der Waals surface area (Å²) in [5.41, 5.74) is 1.63. The number of hydrogen-bond acceptors (Lipinski definition) is 5. The van der Waals surface area contributed by atoms with Crippen molar-refractivity contribution in [2.75, 3.05) is 19.8 Å². The van der Waals surface area contributed by atoms with Gasteiger partial charge in [-0.2, -0.15) is 0 Å². The number of benzene rings is 1. The largest absolute Gasteiger partial charge is 0.492 e. The molecule has 0 unspecified atom stereocenters. The van der Waals surface area contributed by atoms with E-state index in [-0.39, 0.29) is 0 Å². The van der Waals surface area contributed by atoms with Crippen LogP contribution < -0.4 is 4.74 Å². The Morgan fingerprint density at radius 2 is 2.04 bits per heavy atom. The maximum Gasteiger partial charge on any atom is 0.217 e. The van der Waals surface area contributed by atoms with Crippen LogP contribution in [0.1, 0.15) is 36.3 Å². The van der Waals surface area contributed by atoms with E-state index in [9.17, 15) is 0 Å². The van der Waals surface area contributed by atoms with Crippen LogP contribution >= 0.6 is 23.2 Å². The summed E-state index contributed by atoms with van der Waals surface area (Å²) in [5.74, 6) is 2.06. The molecule has 0 bridgehead atoms. The molecule has 0 amide bonds. The fraction of sp³-hybridized carbons (Fsp3) is 0.444. The molecular weight excluding hydrogens is 363 g/mol. The average molecular weight is 383 g/mol. The summed E-state index contributed by atoms with van der Waals surface area (Å²) in [6.07, 6.45) is 3.89. The normalized spacial score (nSPS) is 13.6. The standard InChI is InChI=1S/C18H20Cl2N2O3/c1-12-11-13(25-22-12)5-3-2-4-9-23-15-7-6-14(16(19)17(15)20)18-21-8-10-24-18/h6-7,11H,2-5,8-10H2,1H3. The zero-order valence-electron chi connectivity index (χ0n) is 14.1. The smallest absolute Gasteiger partial charge is 0.217 e. The zero-order valence-corrected chi connectivity index (χ0v) is 15.6. The van der Waals surface area contributed by atoms with Gasteiger partial charge in [0.05, 0.1) is 29.4 Å². The second-order valence-corrected chi connectivity index (χ2v) is 6.62. The summed E-state index contributed by atoms with van der Waals surface area (Å²) in [5, 5.41) is 4.70. The van der Waals surface area contributed by atoms with Crippen LogP contribution in [-0.4, -0.2) is 30.8 Å². The van der Waals surface area contributed by atoms with E-state index in [0.29, 0.717) is 47.0 Å². The van der Waals surface area contributed by atoms with Gasteiger partial charge >= 0.3 is 0 Å². The van der Waals surface area contributed by atoms with Crippen molar-refractivity contribution in [2.24, 2.45) is 4.99 Å². The number of nitrogens with zero attached hydrogens (tertiary/aromatic N) is 2. The fourth-order valence-corrected chi connectivity index (χ4v) is 3.06. The Balaban J connectivity index is 1.44. The fourth-order valence-electron chi connectivity index (χ4n) is 2.60. The minimum Gasteiger partial charge on any atom is -0.492 e. The Bertz CT molecular complexity index is 759. The van der Waals surface area contributed by atoms with Crippen LogP contribution in [0.5, 0.6) is 5.75 Å². The maximum atomic E-state index is 6.32. The maximum absolute atomic E-state index is 6.32. The third-order valence-electron chi connectivity index (χ3n) is 3.86. The molecule has 7 heteroatoms. The van der Waals surface area contributed by atoms with Crippen LogP contribution in [0.2, 0.25) is 10.0 Å². The van der Waals surface area contributed by atoms with Gasteiger partial charge in [0, 0.05) is 12.5 Å². The van der Waals surface area contributed by atoms with Crippen LogP contribution in [0.25, 0.3) is 0 Å². The minimum atomic E-state index is 0.398. The Labute approximate surface area is 156 Å². The van der Waals surface area contributed by atoms with Crippen molar-refractivity contribution in [1.82, 2.24) is 5.16 Å². The summed E-state index contributed by atoms with van der Waals surface area (Å²) in [4.78, 5) is 4.26. The van der Waals surface area contributed by atoms with Gasteiger partial charge in [0.2, 0.25) is 5.90 Å². The van der Waals surface area contributed by atoms with Crippen LogP contribution in [0.4, 0.5) is 0 Å². The number of unbranched alkanes of at least 4 members (excludes halogenated alkanes) is 2. The van der Waals surface area contributed by atoms with Crippen LogP contribution in [0.15, 0.2) is 27.7 Å². The van der Waals surface area contributed by atoms with Gasteiger partial charge < -0.3 is 14.0 Å². The number of hydrogen-bond donors (Lipinski definition) is 0. The van der Waals surface area contributed by atoms with Crippen molar-refractivity contribution >= 4 is 29.1 Å². The molecule has 0 saturated carbocycles. The summed E-state index contributed by atoms with van der Waals surface area (Å²) in [6.45, 7) is 3.74. The Morgan fingerprint density at radius 1 is 1.16 bits per heavy atom. The van der Waals surface area contributed by atoms with Crippen molar-refractivity contribution in [3.63, 3.8) is 0 Å². The Hall–Kier alpha value is -1.72. The minimum absolute atomic E-state index is 0.398. The van der Waals surface area contributed by atoms with Crippen LogP contribution in [0, 0.1) is 6.92 Å². The molecule has 1 aromatic heterocycles. The molecule has 1 aromatic carbocycles. The molecule has 0 N–H and O–H groups in total. The van der Waals surface area contributed by atoms with E-state index in [1.165, 1.54) is 0 Å². The topological polar surface area (TPSA) is 56.9 Å². The van der Waals surface area contributed by atoms with Gasteiger partial charge in [0.1, 0.15) is 23.1 Å². The molecule has 0 atom stereocenters. The number of rotatable bonds is 8. The molecule has 3 rings (SSSR count). The number of ether oxygens (including phenoxy) is 2. The van der Waals surface area contributed by atoms with Gasteiger partial charge in [0.15, 0.2) is 0 Å². The van der Waals surface area contributed by atoms with E-state index in [4.69, 9.17) is 37.2 Å². The molecule has 0 spiro atoms. The zero-order chi connectivity index (χ0) is 17.6. The lowest BCUT2D eigenvalue weighted by atomic mass is 10.1. The average Bonchev–Trinajstić information content (AvgIpc) is 3.26. The molecule has 0 fully saturated rings. The van der Waals surface area contributed by atoms with Crippen molar-refractivity contribution in [3.8, 4) is 5.75 Å². The van der Waals surface area contributed by atoms with E-state index in [1.807, 2.05) is 25.1 Å². The first kappa shape index (κ1) is 18.1. The highest BCUT2D eigenvalue weighted by atomic mass is 35.5. The molecule has 2 aromatic rings. The predicted molar refractivity (Wildman–Crippen MR) is 98.1 cm³/mol. The Morgan fingerprint density at radius 3 is 2.76 bits per heavy atom. The number of aromatic nitrogens is 1. The van der Waals surface area contributed by atoms with Crippen molar-refractivity contribution < 1.29 is 14.0 Å².